The van der Waals surface area contributed by atoms with Crippen molar-refractivity contribution in [3.05, 3.63) is 65.8 Å². The zero-order valence-corrected chi connectivity index (χ0v) is 15.0. The summed E-state index contributed by atoms with van der Waals surface area (Å²) in [5.74, 6) is 0.850. The predicted octanol–water partition coefficient (Wildman–Crippen LogP) is 4.51. The lowest BCUT2D eigenvalue weighted by atomic mass is 10.1. The van der Waals surface area contributed by atoms with Crippen molar-refractivity contribution in [1.29, 1.82) is 0 Å². The van der Waals surface area contributed by atoms with Crippen LogP contribution in [0.1, 0.15) is 12.0 Å². The van der Waals surface area contributed by atoms with Crippen LogP contribution in [0.25, 0.3) is 21.5 Å². The maximum absolute atomic E-state index is 5.88. The molecule has 0 unspecified atom stereocenters. The van der Waals surface area contributed by atoms with Gasteiger partial charge in [0.15, 0.2) is 5.58 Å². The fourth-order valence-corrected chi connectivity index (χ4v) is 3.53. The van der Waals surface area contributed by atoms with Gasteiger partial charge in [-0.3, -0.25) is 4.98 Å². The number of aromatic nitrogens is 2. The zero-order chi connectivity index (χ0) is 17.6. The molecule has 0 amide bonds. The van der Waals surface area contributed by atoms with Crippen LogP contribution in [-0.2, 0) is 6.54 Å². The number of benzene rings is 1. The molecule has 0 spiro atoms. The van der Waals surface area contributed by atoms with Crippen LogP contribution in [0, 0.1) is 0 Å². The number of fused-ring (bicyclic) bond motifs is 1. The number of hydrogen-bond donors (Lipinski definition) is 1. The summed E-state index contributed by atoms with van der Waals surface area (Å²) < 4.78 is 12.3. The molecule has 6 heteroatoms. The van der Waals surface area contributed by atoms with Crippen molar-refractivity contribution in [2.24, 2.45) is 0 Å². The highest BCUT2D eigenvalue weighted by atomic mass is 32.1. The molecule has 0 aliphatic rings. The molecule has 0 aliphatic heterocycles. The van der Waals surface area contributed by atoms with Crippen LogP contribution in [0.4, 0.5) is 0 Å². The summed E-state index contributed by atoms with van der Waals surface area (Å²) in [5, 5.41) is 9.59. The number of pyridine rings is 1. The van der Waals surface area contributed by atoms with Crippen molar-refractivity contribution in [1.82, 2.24) is 15.5 Å². The van der Waals surface area contributed by atoms with Crippen molar-refractivity contribution in [3.8, 4) is 17.0 Å². The Bertz CT molecular complexity index is 965. The van der Waals surface area contributed by atoms with Crippen molar-refractivity contribution < 1.29 is 9.26 Å². The average molecular weight is 365 g/mol. The highest BCUT2D eigenvalue weighted by molar-refractivity contribution is 7.17. The number of nitrogens with zero attached hydrogens (tertiary/aromatic N) is 2. The maximum Gasteiger partial charge on any atom is 0.178 e. The molecule has 4 aromatic rings. The lowest BCUT2D eigenvalue weighted by molar-refractivity contribution is 0.308. The fraction of sp³-hybridized carbons (Fsp3) is 0.200. The molecule has 1 N–H and O–H groups in total. The van der Waals surface area contributed by atoms with E-state index in [1.165, 1.54) is 5.56 Å². The Morgan fingerprint density at radius 2 is 2.15 bits per heavy atom. The van der Waals surface area contributed by atoms with Crippen molar-refractivity contribution in [2.75, 3.05) is 13.2 Å². The Kier molecular flexibility index (Phi) is 5.23. The number of rotatable bonds is 8. The van der Waals surface area contributed by atoms with Crippen LogP contribution < -0.4 is 10.1 Å². The first kappa shape index (κ1) is 16.8. The first-order valence-corrected chi connectivity index (χ1v) is 9.44. The minimum absolute atomic E-state index is 0.663. The highest BCUT2D eigenvalue weighted by Gasteiger charge is 2.12. The van der Waals surface area contributed by atoms with E-state index in [2.05, 4.69) is 21.5 Å². The molecule has 4 rings (SSSR count). The summed E-state index contributed by atoms with van der Waals surface area (Å²) in [4.78, 5) is 4.11. The molecule has 3 aromatic heterocycles. The maximum atomic E-state index is 5.88. The molecule has 0 bridgehead atoms. The summed E-state index contributed by atoms with van der Waals surface area (Å²) in [5.41, 5.74) is 3.90. The molecule has 1 aromatic carbocycles. The number of nitrogens with one attached hydrogen (secondary N) is 1. The minimum Gasteiger partial charge on any atom is -0.494 e. The first-order chi connectivity index (χ1) is 12.9. The lowest BCUT2D eigenvalue weighted by Gasteiger charge is -2.08. The molecule has 0 atom stereocenters. The second-order valence-corrected chi connectivity index (χ2v) is 6.83. The van der Waals surface area contributed by atoms with Gasteiger partial charge in [-0.15, -0.1) is 11.3 Å². The summed E-state index contributed by atoms with van der Waals surface area (Å²) in [6.45, 7) is 2.39. The third-order valence-electron chi connectivity index (χ3n) is 4.01. The second-order valence-electron chi connectivity index (χ2n) is 5.91. The van der Waals surface area contributed by atoms with Crippen LogP contribution in [-0.4, -0.2) is 23.3 Å². The monoisotopic (exact) mass is 365 g/mol. The number of thiophene rings is 1. The van der Waals surface area contributed by atoms with Gasteiger partial charge in [0.2, 0.25) is 0 Å². The molecule has 5 nitrogen and oxygen atoms in total. The van der Waals surface area contributed by atoms with E-state index < -0.39 is 0 Å². The molecule has 3 heterocycles. The molecular weight excluding hydrogens is 346 g/mol. The molecular formula is C20H19N3O2S. The van der Waals surface area contributed by atoms with Crippen LogP contribution in [0.5, 0.6) is 5.75 Å². The molecule has 0 fully saturated rings. The number of ether oxygens (including phenoxy) is 1. The number of hydrogen-bond acceptors (Lipinski definition) is 6. The largest absolute Gasteiger partial charge is 0.494 e. The van der Waals surface area contributed by atoms with Crippen molar-refractivity contribution in [2.45, 2.75) is 13.0 Å². The van der Waals surface area contributed by atoms with E-state index in [0.29, 0.717) is 6.61 Å². The summed E-state index contributed by atoms with van der Waals surface area (Å²) in [6.07, 6.45) is 4.60. The van der Waals surface area contributed by atoms with Gasteiger partial charge in [-0.2, -0.15) is 0 Å². The smallest absolute Gasteiger partial charge is 0.178 e. The Morgan fingerprint density at radius 3 is 3.08 bits per heavy atom. The Hall–Kier alpha value is -2.70. The SMILES string of the molecule is c1cncc(CNCCCOc2cccc(-c3noc4ccsc34)c2)c1. The van der Waals surface area contributed by atoms with Gasteiger partial charge in [0.05, 0.1) is 6.61 Å². The summed E-state index contributed by atoms with van der Waals surface area (Å²) >= 11 is 1.64. The van der Waals surface area contributed by atoms with Gasteiger partial charge in [-0.1, -0.05) is 23.4 Å². The van der Waals surface area contributed by atoms with Crippen LogP contribution in [0.2, 0.25) is 0 Å². The van der Waals surface area contributed by atoms with E-state index in [9.17, 15) is 0 Å². The van der Waals surface area contributed by atoms with Gasteiger partial charge in [0.1, 0.15) is 16.1 Å². The molecule has 0 saturated heterocycles. The van der Waals surface area contributed by atoms with Gasteiger partial charge in [-0.05, 0) is 48.2 Å². The zero-order valence-electron chi connectivity index (χ0n) is 14.2. The molecule has 0 saturated carbocycles. The topological polar surface area (TPSA) is 60.2 Å². The summed E-state index contributed by atoms with van der Waals surface area (Å²) in [6, 6.07) is 14.0. The van der Waals surface area contributed by atoms with Crippen LogP contribution in [0.15, 0.2) is 64.8 Å². The van der Waals surface area contributed by atoms with Gasteiger partial charge in [0, 0.05) is 24.5 Å². The molecule has 26 heavy (non-hydrogen) atoms. The van der Waals surface area contributed by atoms with E-state index in [0.717, 1.165) is 46.8 Å². The highest BCUT2D eigenvalue weighted by Crippen LogP contribution is 2.33. The van der Waals surface area contributed by atoms with Gasteiger partial charge in [-0.25, -0.2) is 0 Å². The van der Waals surface area contributed by atoms with E-state index in [1.807, 2.05) is 48.0 Å². The van der Waals surface area contributed by atoms with Crippen LogP contribution >= 0.6 is 11.3 Å². The molecule has 0 aliphatic carbocycles. The van der Waals surface area contributed by atoms with Crippen molar-refractivity contribution in [3.63, 3.8) is 0 Å². The van der Waals surface area contributed by atoms with Gasteiger partial charge < -0.3 is 14.6 Å². The van der Waals surface area contributed by atoms with Crippen molar-refractivity contribution >= 4 is 21.6 Å². The standard InChI is InChI=1S/C20H19N3O2S/c1-5-16(19-20-18(25-23-19)7-11-26-20)12-17(6-1)24-10-3-9-22-14-15-4-2-8-21-13-15/h1-2,4-8,11-13,22H,3,9-10,14H2. The molecule has 0 radical (unpaired) electrons. The lowest BCUT2D eigenvalue weighted by Crippen LogP contribution is -2.17. The van der Waals surface area contributed by atoms with E-state index in [-0.39, 0.29) is 0 Å². The van der Waals surface area contributed by atoms with E-state index >= 15 is 0 Å². The fourth-order valence-electron chi connectivity index (χ4n) is 2.72. The van der Waals surface area contributed by atoms with Crippen LogP contribution in [0.3, 0.4) is 0 Å². The predicted molar refractivity (Wildman–Crippen MR) is 103 cm³/mol. The quantitative estimate of drug-likeness (QED) is 0.466. The Morgan fingerprint density at radius 1 is 1.15 bits per heavy atom. The Labute approximate surface area is 155 Å². The summed E-state index contributed by atoms with van der Waals surface area (Å²) in [7, 11) is 0. The minimum atomic E-state index is 0.663. The van der Waals surface area contributed by atoms with E-state index in [1.54, 1.807) is 17.5 Å². The average Bonchev–Trinajstić information content (AvgIpc) is 3.29. The van der Waals surface area contributed by atoms with Gasteiger partial charge in [0.25, 0.3) is 0 Å². The molecule has 132 valence electrons. The first-order valence-electron chi connectivity index (χ1n) is 8.56. The normalized spacial score (nSPS) is 11.1. The van der Waals surface area contributed by atoms with E-state index in [4.69, 9.17) is 9.26 Å². The van der Waals surface area contributed by atoms with Gasteiger partial charge >= 0.3 is 0 Å². The third-order valence-corrected chi connectivity index (χ3v) is 4.91. The Balaban J connectivity index is 1.27. The second kappa shape index (κ2) is 8.12. The third kappa shape index (κ3) is 3.92.